The molecule has 0 heterocycles. The number of aromatic hydroxyl groups is 2. The molecule has 0 saturated heterocycles. The summed E-state index contributed by atoms with van der Waals surface area (Å²) in [6.07, 6.45) is 9.15. The number of hydrogen-bond donors (Lipinski definition) is 2. The maximum absolute atomic E-state index is 10.8. The van der Waals surface area contributed by atoms with E-state index >= 15 is 0 Å². The molecular weight excluding hydrogens is 583 g/mol. The van der Waals surface area contributed by atoms with Crippen molar-refractivity contribution in [2.24, 2.45) is 4.99 Å². The summed E-state index contributed by atoms with van der Waals surface area (Å²) in [4.78, 5) is 4.78. The van der Waals surface area contributed by atoms with Gasteiger partial charge in [0.2, 0.25) is 0 Å². The number of benzene rings is 2. The van der Waals surface area contributed by atoms with Gasteiger partial charge in [-0.1, -0.05) is 114 Å². The molecule has 0 unspecified atom stereocenters. The van der Waals surface area contributed by atoms with Gasteiger partial charge in [0.15, 0.2) is 0 Å². The second-order valence-corrected chi connectivity index (χ2v) is 15.6. The van der Waals surface area contributed by atoms with Gasteiger partial charge in [0, 0.05) is 28.9 Å². The first-order chi connectivity index (χ1) is 19.2. The van der Waals surface area contributed by atoms with E-state index in [0.29, 0.717) is 17.4 Å². The van der Waals surface area contributed by atoms with Gasteiger partial charge in [-0.15, -0.1) is 0 Å². The van der Waals surface area contributed by atoms with E-state index in [9.17, 15) is 15.6 Å². The predicted octanol–water partition coefficient (Wildman–Crippen LogP) is 10.4. The minimum absolute atomic E-state index is 0.00847. The molecule has 235 valence electrons. The molecule has 0 radical (unpaired) electrons. The molecule has 6 heteroatoms. The Morgan fingerprint density at radius 2 is 1.05 bits per heavy atom. The van der Waals surface area contributed by atoms with Crippen LogP contribution in [0.5, 0.6) is 11.5 Å². The van der Waals surface area contributed by atoms with Crippen LogP contribution in [0.2, 0.25) is 0 Å². The summed E-state index contributed by atoms with van der Waals surface area (Å²) in [6, 6.07) is 8.57. The van der Waals surface area contributed by atoms with Crippen molar-refractivity contribution < 1.29 is 25.3 Å². The third-order valence-electron chi connectivity index (χ3n) is 7.77. The molecule has 1 fully saturated rings. The van der Waals surface area contributed by atoms with Crippen LogP contribution in [-0.2, 0) is 36.8 Å². The van der Waals surface area contributed by atoms with Gasteiger partial charge in [-0.3, -0.25) is 4.99 Å². The summed E-state index contributed by atoms with van der Waals surface area (Å²) < 4.78 is 0. The van der Waals surface area contributed by atoms with Crippen LogP contribution in [0.3, 0.4) is 0 Å². The number of aliphatic imine (C=N–C) groups is 1. The van der Waals surface area contributed by atoms with Crippen LogP contribution < -0.4 is 0 Å². The number of phenolic OH excluding ortho intramolecular Hbond substituents is 2. The van der Waals surface area contributed by atoms with Crippen molar-refractivity contribution in [1.29, 1.82) is 0 Å². The maximum atomic E-state index is 10.8. The summed E-state index contributed by atoms with van der Waals surface area (Å²) in [6.45, 7) is 25.6. The molecule has 0 aliphatic heterocycles. The first-order valence-electron chi connectivity index (χ1n) is 15.1. The molecule has 2 N–H and O–H groups in total. The SMILES string of the molecule is CC(C)(C)c1cc(C=NC2CCCCC2)c(O)c(C(C)(C)C)c1.CC(C)(C)c1cc(C=[N-])c(O)c(C(C)(C)C)c1.[Cl][Mn+]. The van der Waals surface area contributed by atoms with E-state index < -0.39 is 0 Å². The molecule has 0 aromatic heterocycles. The van der Waals surface area contributed by atoms with E-state index in [2.05, 4.69) is 120 Å². The van der Waals surface area contributed by atoms with E-state index in [1.807, 2.05) is 18.3 Å². The zero-order chi connectivity index (χ0) is 32.7. The van der Waals surface area contributed by atoms with Crippen LogP contribution in [0.4, 0.5) is 0 Å². The third kappa shape index (κ3) is 11.0. The molecule has 0 amide bonds. The summed E-state index contributed by atoms with van der Waals surface area (Å²) in [5.74, 6) is 0.568. The van der Waals surface area contributed by atoms with Crippen LogP contribution in [0, 0.1) is 0 Å². The molecule has 1 aliphatic carbocycles. The molecule has 1 aliphatic rings. The Labute approximate surface area is 269 Å². The van der Waals surface area contributed by atoms with Gasteiger partial charge >= 0.3 is 25.2 Å². The zero-order valence-corrected chi connectivity index (χ0v) is 30.1. The van der Waals surface area contributed by atoms with Crippen molar-refractivity contribution in [2.75, 3.05) is 0 Å². The average Bonchev–Trinajstić information content (AvgIpc) is 2.87. The van der Waals surface area contributed by atoms with Crippen molar-refractivity contribution in [2.45, 2.75) is 143 Å². The summed E-state index contributed by atoms with van der Waals surface area (Å²) in [7, 11) is 4.45. The van der Waals surface area contributed by atoms with Gasteiger partial charge in [0.1, 0.15) is 11.5 Å². The van der Waals surface area contributed by atoms with Crippen LogP contribution >= 0.6 is 10.1 Å². The van der Waals surface area contributed by atoms with E-state index in [0.717, 1.165) is 28.5 Å². The Bertz CT molecular complexity index is 1200. The van der Waals surface area contributed by atoms with Crippen molar-refractivity contribution in [3.63, 3.8) is 0 Å². The molecule has 3 rings (SSSR count). The van der Waals surface area contributed by atoms with E-state index in [1.165, 1.54) is 37.7 Å². The van der Waals surface area contributed by atoms with E-state index in [-0.39, 0.29) is 27.4 Å². The fourth-order valence-corrected chi connectivity index (χ4v) is 4.94. The fraction of sp³-hybridized carbons (Fsp3) is 0.611. The predicted molar refractivity (Wildman–Crippen MR) is 180 cm³/mol. The van der Waals surface area contributed by atoms with Crippen molar-refractivity contribution in [3.8, 4) is 11.5 Å². The van der Waals surface area contributed by atoms with Gasteiger partial charge in [-0.2, -0.15) is 6.21 Å². The Hall–Kier alpha value is -1.81. The first kappa shape index (κ1) is 38.2. The average molecular weight is 638 g/mol. The Kier molecular flexibility index (Phi) is 13.9. The minimum atomic E-state index is -0.150. The molecule has 0 bridgehead atoms. The quantitative estimate of drug-likeness (QED) is 0.259. The van der Waals surface area contributed by atoms with Crippen molar-refractivity contribution >= 4 is 22.5 Å². The summed E-state index contributed by atoms with van der Waals surface area (Å²) >= 11 is 2.41. The van der Waals surface area contributed by atoms with Crippen LogP contribution in [0.15, 0.2) is 29.3 Å². The summed E-state index contributed by atoms with van der Waals surface area (Å²) in [5, 5.41) is 30.1. The van der Waals surface area contributed by atoms with E-state index in [4.69, 9.17) is 4.99 Å². The van der Waals surface area contributed by atoms with Crippen LogP contribution in [-0.4, -0.2) is 28.7 Å². The molecule has 1 saturated carbocycles. The van der Waals surface area contributed by atoms with Crippen molar-refractivity contribution in [3.05, 3.63) is 63.1 Å². The van der Waals surface area contributed by atoms with Gasteiger partial charge in [0.05, 0.1) is 0 Å². The van der Waals surface area contributed by atoms with Crippen LogP contribution in [0.25, 0.3) is 5.41 Å². The Morgan fingerprint density at radius 1 is 0.667 bits per heavy atom. The molecule has 0 atom stereocenters. The summed E-state index contributed by atoms with van der Waals surface area (Å²) in [5.41, 5.74) is 5.41. The number of nitrogens with zero attached hydrogens (tertiary/aromatic N) is 2. The number of hydrogen-bond acceptors (Lipinski definition) is 3. The standard InChI is InChI=1S/C21H33NO.C15H22NO.ClH.Mn/c1-20(2,3)16-12-15(14-22-17-10-8-7-9-11-17)19(23)18(13-16)21(4,5)6;1-14(2,3)11-7-10(9-16)13(17)12(8-11)15(4,5)6;;/h12-14,17,23H,7-11H2,1-6H3;7-9,17H,1-6H3;1H;/q;-1;;+2/p-1. The zero-order valence-electron chi connectivity index (χ0n) is 28.1. The van der Waals surface area contributed by atoms with Gasteiger partial charge in [0.25, 0.3) is 0 Å². The number of phenols is 2. The van der Waals surface area contributed by atoms with Crippen LogP contribution in [0.1, 0.15) is 149 Å². The van der Waals surface area contributed by atoms with Gasteiger partial charge in [-0.25, -0.2) is 0 Å². The Morgan fingerprint density at radius 3 is 1.40 bits per heavy atom. The first-order valence-corrected chi connectivity index (χ1v) is 16.7. The molecule has 0 spiro atoms. The Balaban J connectivity index is 0.000000413. The molecule has 42 heavy (non-hydrogen) atoms. The molecular formula is C36H55ClMnN2O2. The van der Waals surface area contributed by atoms with Crippen molar-refractivity contribution in [1.82, 2.24) is 0 Å². The number of rotatable bonds is 3. The second kappa shape index (κ2) is 15.3. The third-order valence-corrected chi connectivity index (χ3v) is 7.77. The topological polar surface area (TPSA) is 75.1 Å². The van der Waals surface area contributed by atoms with E-state index in [1.54, 1.807) is 0 Å². The second-order valence-electron chi connectivity index (χ2n) is 15.6. The van der Waals surface area contributed by atoms with Gasteiger partial charge < -0.3 is 15.6 Å². The molecule has 2 aromatic rings. The monoisotopic (exact) mass is 637 g/mol. The molecule has 2 aromatic carbocycles. The number of halogens is 1. The fourth-order valence-electron chi connectivity index (χ4n) is 4.94. The normalized spacial score (nSPS) is 15.0. The van der Waals surface area contributed by atoms with Gasteiger partial charge in [-0.05, 0) is 63.3 Å². The molecule has 4 nitrogen and oxygen atoms in total.